The molecule has 0 fully saturated rings. The molecule has 1 atom stereocenters. The molecule has 1 amide bonds. The van der Waals surface area contributed by atoms with Gasteiger partial charge in [-0.25, -0.2) is 4.79 Å². The van der Waals surface area contributed by atoms with E-state index >= 15 is 0 Å². The molecule has 1 rings (SSSR count). The number of amides is 1. The van der Waals surface area contributed by atoms with Crippen LogP contribution in [0.15, 0.2) is 30.3 Å². The van der Waals surface area contributed by atoms with Crippen molar-refractivity contribution in [3.63, 3.8) is 0 Å². The second kappa shape index (κ2) is 8.79. The molecule has 1 aromatic rings. The summed E-state index contributed by atoms with van der Waals surface area (Å²) in [5.74, 6) is -1.30. The molecular formula is C13H20NO6P. The molecule has 0 saturated heterocycles. The normalized spacial score (nSPS) is 12.7. The van der Waals surface area contributed by atoms with E-state index in [0.29, 0.717) is 0 Å². The van der Waals surface area contributed by atoms with Crippen LogP contribution in [-0.4, -0.2) is 37.8 Å². The van der Waals surface area contributed by atoms with Crippen molar-refractivity contribution in [2.75, 3.05) is 20.8 Å². The van der Waals surface area contributed by atoms with Gasteiger partial charge in [-0.1, -0.05) is 30.3 Å². The molecule has 21 heavy (non-hydrogen) atoms. The predicted molar refractivity (Wildman–Crippen MR) is 76.9 cm³/mol. The summed E-state index contributed by atoms with van der Waals surface area (Å²) in [5.41, 5.74) is 0.871. The van der Waals surface area contributed by atoms with Crippen LogP contribution in [0.25, 0.3) is 0 Å². The summed E-state index contributed by atoms with van der Waals surface area (Å²) < 4.78 is 26.1. The Balaban J connectivity index is 2.26. The van der Waals surface area contributed by atoms with Crippen molar-refractivity contribution in [3.05, 3.63) is 35.9 Å². The average Bonchev–Trinajstić information content (AvgIpc) is 2.53. The Hall–Kier alpha value is -1.40. The van der Waals surface area contributed by atoms with Crippen molar-refractivity contribution in [2.45, 2.75) is 18.9 Å². The summed E-state index contributed by atoms with van der Waals surface area (Å²) >= 11 is 0. The highest BCUT2D eigenvalue weighted by atomic mass is 31.2. The van der Waals surface area contributed by atoms with Gasteiger partial charge in [-0.15, -0.1) is 0 Å². The number of carbonyl (C=O) groups is 1. The maximum atomic E-state index is 11.8. The fraction of sp³-hybridized carbons (Fsp3) is 0.462. The molecular weight excluding hydrogens is 297 g/mol. The number of aliphatic hydroxyl groups excluding tert-OH is 1. The molecule has 1 unspecified atom stereocenters. The molecule has 0 radical (unpaired) electrons. The molecule has 0 spiro atoms. The number of ether oxygens (including phenoxy) is 1. The molecule has 0 heterocycles. The summed E-state index contributed by atoms with van der Waals surface area (Å²) in [5, 5.41) is 12.1. The average molecular weight is 317 g/mol. The van der Waals surface area contributed by atoms with Crippen LogP contribution in [0.5, 0.6) is 0 Å². The van der Waals surface area contributed by atoms with Crippen LogP contribution in [-0.2, 0) is 25.0 Å². The number of benzene rings is 1. The first-order valence-electron chi connectivity index (χ1n) is 6.35. The smallest absolute Gasteiger partial charge is 0.407 e. The number of hydrogen-bond acceptors (Lipinski definition) is 6. The van der Waals surface area contributed by atoms with Gasteiger partial charge in [0.15, 0.2) is 5.85 Å². The second-order valence-electron chi connectivity index (χ2n) is 4.16. The van der Waals surface area contributed by atoms with Gasteiger partial charge < -0.3 is 24.2 Å². The van der Waals surface area contributed by atoms with Gasteiger partial charge in [0, 0.05) is 27.2 Å². The standard InChI is InChI=1S/C13H20NO6P/c1-18-21(17,19-2)12(15)8-9-14-13(16)20-10-11-6-4-3-5-7-11/h3-7,12,15H,8-10H2,1-2H3,(H,14,16). The first-order chi connectivity index (χ1) is 10.0. The van der Waals surface area contributed by atoms with Crippen LogP contribution in [0.2, 0.25) is 0 Å². The first kappa shape index (κ1) is 17.7. The van der Waals surface area contributed by atoms with E-state index in [9.17, 15) is 14.5 Å². The number of hydrogen-bond donors (Lipinski definition) is 2. The van der Waals surface area contributed by atoms with Crippen molar-refractivity contribution in [3.8, 4) is 0 Å². The Labute approximate surface area is 123 Å². The lowest BCUT2D eigenvalue weighted by Crippen LogP contribution is -2.28. The zero-order valence-corrected chi connectivity index (χ0v) is 12.9. The highest BCUT2D eigenvalue weighted by Gasteiger charge is 2.31. The maximum absolute atomic E-state index is 11.8. The molecule has 2 N–H and O–H groups in total. The molecule has 118 valence electrons. The molecule has 0 aliphatic rings. The highest BCUT2D eigenvalue weighted by molar-refractivity contribution is 7.54. The fourth-order valence-corrected chi connectivity index (χ4v) is 2.63. The third-order valence-electron chi connectivity index (χ3n) is 2.76. The molecule has 7 nitrogen and oxygen atoms in total. The minimum absolute atomic E-state index is 0.0272. The summed E-state index contributed by atoms with van der Waals surface area (Å²) in [4.78, 5) is 11.4. The van der Waals surface area contributed by atoms with E-state index < -0.39 is 19.5 Å². The van der Waals surface area contributed by atoms with Gasteiger partial charge >= 0.3 is 13.7 Å². The van der Waals surface area contributed by atoms with E-state index in [2.05, 4.69) is 14.4 Å². The van der Waals surface area contributed by atoms with Gasteiger partial charge in [0.1, 0.15) is 6.61 Å². The summed E-state index contributed by atoms with van der Waals surface area (Å²) in [6, 6.07) is 9.24. The fourth-order valence-electron chi connectivity index (χ4n) is 1.55. The molecule has 0 aliphatic heterocycles. The number of carbonyl (C=O) groups excluding carboxylic acids is 1. The number of nitrogens with one attached hydrogen (secondary N) is 1. The van der Waals surface area contributed by atoms with Crippen molar-refractivity contribution in [1.82, 2.24) is 5.32 Å². The number of rotatable bonds is 8. The lowest BCUT2D eigenvalue weighted by molar-refractivity contribution is 0.135. The Morgan fingerprint density at radius 2 is 1.90 bits per heavy atom. The van der Waals surface area contributed by atoms with Crippen LogP contribution in [0.1, 0.15) is 12.0 Å². The molecule has 8 heteroatoms. The Morgan fingerprint density at radius 3 is 2.48 bits per heavy atom. The van der Waals surface area contributed by atoms with E-state index in [-0.39, 0.29) is 19.6 Å². The maximum Gasteiger partial charge on any atom is 0.407 e. The van der Waals surface area contributed by atoms with E-state index in [1.807, 2.05) is 30.3 Å². The van der Waals surface area contributed by atoms with Crippen LogP contribution < -0.4 is 5.32 Å². The van der Waals surface area contributed by atoms with Gasteiger partial charge in [0.2, 0.25) is 0 Å². The van der Waals surface area contributed by atoms with E-state index in [1.165, 1.54) is 14.2 Å². The van der Waals surface area contributed by atoms with E-state index in [0.717, 1.165) is 5.56 Å². The summed E-state index contributed by atoms with van der Waals surface area (Å²) in [6.07, 6.45) is -0.588. The lowest BCUT2D eigenvalue weighted by atomic mass is 10.2. The van der Waals surface area contributed by atoms with Gasteiger partial charge in [-0.3, -0.25) is 4.57 Å². The van der Waals surface area contributed by atoms with Gasteiger partial charge in [0.25, 0.3) is 0 Å². The summed E-state index contributed by atoms with van der Waals surface area (Å²) in [7, 11) is -1.15. The van der Waals surface area contributed by atoms with Crippen molar-refractivity contribution < 1.29 is 28.3 Å². The molecule has 0 bridgehead atoms. The van der Waals surface area contributed by atoms with Crippen molar-refractivity contribution in [2.24, 2.45) is 0 Å². The Bertz CT molecular complexity index is 473. The quantitative estimate of drug-likeness (QED) is 0.713. The van der Waals surface area contributed by atoms with Crippen LogP contribution in [0, 0.1) is 0 Å². The zero-order chi connectivity index (χ0) is 15.7. The van der Waals surface area contributed by atoms with Crippen LogP contribution in [0.3, 0.4) is 0 Å². The molecule has 0 aromatic heterocycles. The molecule has 0 aliphatic carbocycles. The van der Waals surface area contributed by atoms with E-state index in [4.69, 9.17) is 4.74 Å². The molecule has 1 aromatic carbocycles. The third kappa shape index (κ3) is 5.85. The third-order valence-corrected chi connectivity index (χ3v) is 4.76. The second-order valence-corrected chi connectivity index (χ2v) is 6.57. The number of alkyl carbamates (subject to hydrolysis) is 1. The van der Waals surface area contributed by atoms with Crippen molar-refractivity contribution in [1.29, 1.82) is 0 Å². The van der Waals surface area contributed by atoms with Gasteiger partial charge in [-0.2, -0.15) is 0 Å². The minimum atomic E-state index is -3.53. The Morgan fingerprint density at radius 1 is 1.29 bits per heavy atom. The summed E-state index contributed by atoms with van der Waals surface area (Å²) in [6.45, 7) is 0.245. The Kier molecular flexibility index (Phi) is 7.39. The SMILES string of the molecule is COP(=O)(OC)C(O)CCNC(=O)OCc1ccccc1. The predicted octanol–water partition coefficient (Wildman–Crippen LogP) is 2.11. The van der Waals surface area contributed by atoms with Gasteiger partial charge in [0.05, 0.1) is 0 Å². The van der Waals surface area contributed by atoms with Crippen LogP contribution in [0.4, 0.5) is 4.79 Å². The van der Waals surface area contributed by atoms with Crippen LogP contribution >= 0.6 is 7.60 Å². The monoisotopic (exact) mass is 317 g/mol. The first-order valence-corrected chi connectivity index (χ1v) is 7.97. The molecule has 0 saturated carbocycles. The lowest BCUT2D eigenvalue weighted by Gasteiger charge is -2.19. The van der Waals surface area contributed by atoms with Gasteiger partial charge in [-0.05, 0) is 5.56 Å². The van der Waals surface area contributed by atoms with Crippen molar-refractivity contribution >= 4 is 13.7 Å². The minimum Gasteiger partial charge on any atom is -0.445 e. The largest absolute Gasteiger partial charge is 0.445 e. The number of aliphatic hydroxyl groups is 1. The zero-order valence-electron chi connectivity index (χ0n) is 12.0. The highest BCUT2D eigenvalue weighted by Crippen LogP contribution is 2.51. The topological polar surface area (TPSA) is 94.1 Å². The van der Waals surface area contributed by atoms with E-state index in [1.54, 1.807) is 0 Å².